The Morgan fingerprint density at radius 3 is 1.11 bits per heavy atom. The summed E-state index contributed by atoms with van der Waals surface area (Å²) >= 11 is 0. The highest BCUT2D eigenvalue weighted by molar-refractivity contribution is 5.94. The van der Waals surface area contributed by atoms with Crippen molar-refractivity contribution in [1.82, 2.24) is 10.6 Å². The first-order chi connectivity index (χ1) is 21.6. The molecular formula is C38H60N2O4. The van der Waals surface area contributed by atoms with Crippen molar-refractivity contribution in [3.63, 3.8) is 0 Å². The van der Waals surface area contributed by atoms with Crippen LogP contribution in [0.2, 0.25) is 0 Å². The zero-order valence-electron chi connectivity index (χ0n) is 27.8. The van der Waals surface area contributed by atoms with Crippen LogP contribution in [0.3, 0.4) is 0 Å². The topological polar surface area (TPSA) is 76.7 Å². The molecule has 0 saturated carbocycles. The molecular weight excluding hydrogens is 548 g/mol. The average molecular weight is 609 g/mol. The highest BCUT2D eigenvalue weighted by Gasteiger charge is 2.07. The largest absolute Gasteiger partial charge is 0.494 e. The summed E-state index contributed by atoms with van der Waals surface area (Å²) < 4.78 is 11.7. The van der Waals surface area contributed by atoms with Crippen LogP contribution >= 0.6 is 0 Å². The van der Waals surface area contributed by atoms with E-state index in [0.717, 1.165) is 50.4 Å². The van der Waals surface area contributed by atoms with E-state index in [9.17, 15) is 9.59 Å². The molecule has 0 aliphatic rings. The second kappa shape index (κ2) is 25.3. The predicted molar refractivity (Wildman–Crippen MR) is 183 cm³/mol. The van der Waals surface area contributed by atoms with Crippen molar-refractivity contribution in [2.45, 2.75) is 129 Å². The third-order valence-electron chi connectivity index (χ3n) is 7.94. The molecule has 6 heteroatoms. The molecule has 0 saturated heterocycles. The molecule has 246 valence electrons. The summed E-state index contributed by atoms with van der Waals surface area (Å²) in [4.78, 5) is 24.9. The first-order valence-electron chi connectivity index (χ1n) is 17.7. The van der Waals surface area contributed by atoms with Gasteiger partial charge in [0.15, 0.2) is 0 Å². The first-order valence-corrected chi connectivity index (χ1v) is 17.7. The van der Waals surface area contributed by atoms with Crippen molar-refractivity contribution in [2.24, 2.45) is 0 Å². The van der Waals surface area contributed by atoms with E-state index < -0.39 is 0 Å². The highest BCUT2D eigenvalue weighted by Crippen LogP contribution is 2.15. The lowest BCUT2D eigenvalue weighted by Gasteiger charge is -2.09. The molecule has 0 spiro atoms. The molecule has 2 rings (SSSR count). The molecule has 0 aromatic heterocycles. The van der Waals surface area contributed by atoms with Crippen molar-refractivity contribution in [3.05, 3.63) is 59.7 Å². The van der Waals surface area contributed by atoms with Gasteiger partial charge in [0.05, 0.1) is 13.2 Å². The molecule has 0 aliphatic heterocycles. The molecule has 0 heterocycles. The molecule has 2 amide bonds. The Morgan fingerprint density at radius 1 is 0.455 bits per heavy atom. The third kappa shape index (κ3) is 17.9. The Balaban J connectivity index is 1.48. The van der Waals surface area contributed by atoms with Gasteiger partial charge in [-0.05, 0) is 74.2 Å². The summed E-state index contributed by atoms with van der Waals surface area (Å²) in [7, 11) is 0. The maximum absolute atomic E-state index is 12.5. The van der Waals surface area contributed by atoms with Crippen molar-refractivity contribution >= 4 is 11.8 Å². The van der Waals surface area contributed by atoms with Gasteiger partial charge in [-0.25, -0.2) is 0 Å². The summed E-state index contributed by atoms with van der Waals surface area (Å²) in [6.07, 6.45) is 22.0. The van der Waals surface area contributed by atoms with E-state index in [2.05, 4.69) is 24.5 Å². The summed E-state index contributed by atoms with van der Waals surface area (Å²) in [5, 5.41) is 5.92. The van der Waals surface area contributed by atoms with Crippen molar-refractivity contribution in [3.8, 4) is 11.5 Å². The molecule has 2 aromatic carbocycles. The lowest BCUT2D eigenvalue weighted by molar-refractivity contribution is 0.0939. The molecule has 0 unspecified atom stereocenters. The van der Waals surface area contributed by atoms with Crippen LogP contribution in [0.25, 0.3) is 0 Å². The van der Waals surface area contributed by atoms with Gasteiger partial charge >= 0.3 is 0 Å². The van der Waals surface area contributed by atoms with Crippen LogP contribution in [0.15, 0.2) is 48.5 Å². The molecule has 0 atom stereocenters. The van der Waals surface area contributed by atoms with Crippen LogP contribution in [0, 0.1) is 0 Å². The lowest BCUT2D eigenvalue weighted by atomic mass is 10.1. The fourth-order valence-corrected chi connectivity index (χ4v) is 5.11. The van der Waals surface area contributed by atoms with Gasteiger partial charge in [-0.2, -0.15) is 0 Å². The summed E-state index contributed by atoms with van der Waals surface area (Å²) in [6.45, 7) is 7.06. The minimum absolute atomic E-state index is 0.0895. The lowest BCUT2D eigenvalue weighted by Crippen LogP contribution is -2.27. The number of hydrogen-bond acceptors (Lipinski definition) is 4. The van der Waals surface area contributed by atoms with E-state index in [1.807, 2.05) is 48.5 Å². The van der Waals surface area contributed by atoms with E-state index in [-0.39, 0.29) is 11.8 Å². The molecule has 2 N–H and O–H groups in total. The van der Waals surface area contributed by atoms with Gasteiger partial charge in [0, 0.05) is 24.2 Å². The maximum Gasteiger partial charge on any atom is 0.251 e. The van der Waals surface area contributed by atoms with E-state index in [0.29, 0.717) is 24.2 Å². The zero-order valence-corrected chi connectivity index (χ0v) is 27.8. The van der Waals surface area contributed by atoms with Gasteiger partial charge in [-0.1, -0.05) is 104 Å². The summed E-state index contributed by atoms with van der Waals surface area (Å²) in [5.74, 6) is 1.43. The van der Waals surface area contributed by atoms with Gasteiger partial charge < -0.3 is 20.1 Å². The van der Waals surface area contributed by atoms with Gasteiger partial charge in [-0.3, -0.25) is 9.59 Å². The SMILES string of the molecule is CCCCCCCCCCOc1ccc(C(=O)NCCCCNC(=O)c2ccc(OCCCCCCCCCC)cc2)cc1. The predicted octanol–water partition coefficient (Wildman–Crippen LogP) is 9.67. The van der Waals surface area contributed by atoms with Crippen LogP contribution in [0.5, 0.6) is 11.5 Å². The Hall–Kier alpha value is -3.02. The molecule has 6 nitrogen and oxygen atoms in total. The maximum atomic E-state index is 12.5. The second-order valence-electron chi connectivity index (χ2n) is 11.9. The standard InChI is InChI=1S/C38H60N2O4/c1-3-5-7-9-11-13-15-19-31-43-35-25-21-33(22-26-35)37(41)39-29-17-18-30-40-38(42)34-23-27-36(28-24-34)44-32-20-16-14-12-10-8-6-4-2/h21-28H,3-20,29-32H2,1-2H3,(H,39,41)(H,40,42). The van der Waals surface area contributed by atoms with Crippen LogP contribution in [0.1, 0.15) is 150 Å². The molecule has 0 bridgehead atoms. The number of carbonyl (C=O) groups is 2. The van der Waals surface area contributed by atoms with E-state index in [1.165, 1.54) is 89.9 Å². The number of nitrogens with one attached hydrogen (secondary N) is 2. The number of amides is 2. The minimum Gasteiger partial charge on any atom is -0.494 e. The van der Waals surface area contributed by atoms with Crippen LogP contribution in [-0.4, -0.2) is 38.1 Å². The van der Waals surface area contributed by atoms with Gasteiger partial charge in [0.2, 0.25) is 0 Å². The van der Waals surface area contributed by atoms with Gasteiger partial charge in [0.1, 0.15) is 11.5 Å². The fourth-order valence-electron chi connectivity index (χ4n) is 5.11. The average Bonchev–Trinajstić information content (AvgIpc) is 3.05. The molecule has 0 radical (unpaired) electrons. The van der Waals surface area contributed by atoms with Gasteiger partial charge in [-0.15, -0.1) is 0 Å². The van der Waals surface area contributed by atoms with Crippen molar-refractivity contribution in [1.29, 1.82) is 0 Å². The molecule has 0 fully saturated rings. The molecule has 0 aliphatic carbocycles. The Morgan fingerprint density at radius 2 is 0.773 bits per heavy atom. The number of hydrogen-bond donors (Lipinski definition) is 2. The quantitative estimate of drug-likeness (QED) is 0.0990. The first kappa shape index (κ1) is 37.2. The normalized spacial score (nSPS) is 10.9. The zero-order chi connectivity index (χ0) is 31.5. The van der Waals surface area contributed by atoms with E-state index in [1.54, 1.807) is 0 Å². The van der Waals surface area contributed by atoms with Crippen molar-refractivity contribution < 1.29 is 19.1 Å². The monoisotopic (exact) mass is 608 g/mol. The Labute approximate surface area is 268 Å². The van der Waals surface area contributed by atoms with Crippen LogP contribution in [-0.2, 0) is 0 Å². The summed E-state index contributed by atoms with van der Waals surface area (Å²) in [6, 6.07) is 14.7. The van der Waals surface area contributed by atoms with E-state index >= 15 is 0 Å². The third-order valence-corrected chi connectivity index (χ3v) is 7.94. The number of unbranched alkanes of at least 4 members (excludes halogenated alkanes) is 15. The Bertz CT molecular complexity index is 909. The van der Waals surface area contributed by atoms with Crippen LogP contribution < -0.4 is 20.1 Å². The highest BCUT2D eigenvalue weighted by atomic mass is 16.5. The Kier molecular flexibility index (Phi) is 21.4. The molecule has 44 heavy (non-hydrogen) atoms. The molecule has 2 aromatic rings. The van der Waals surface area contributed by atoms with Crippen molar-refractivity contribution in [2.75, 3.05) is 26.3 Å². The summed E-state index contributed by atoms with van der Waals surface area (Å²) in [5.41, 5.74) is 1.26. The number of ether oxygens (including phenoxy) is 2. The smallest absolute Gasteiger partial charge is 0.251 e. The number of rotatable bonds is 27. The van der Waals surface area contributed by atoms with Gasteiger partial charge in [0.25, 0.3) is 11.8 Å². The second-order valence-corrected chi connectivity index (χ2v) is 11.9. The number of benzene rings is 2. The number of carbonyl (C=O) groups excluding carboxylic acids is 2. The van der Waals surface area contributed by atoms with E-state index in [4.69, 9.17) is 9.47 Å². The van der Waals surface area contributed by atoms with Crippen LogP contribution in [0.4, 0.5) is 0 Å². The minimum atomic E-state index is -0.0895. The fraction of sp³-hybridized carbons (Fsp3) is 0.632.